The summed E-state index contributed by atoms with van der Waals surface area (Å²) in [7, 11) is 0. The number of hydrogen-bond acceptors (Lipinski definition) is 2. The van der Waals surface area contributed by atoms with Gasteiger partial charge in [-0.1, -0.05) is 27.2 Å². The second-order valence-corrected chi connectivity index (χ2v) is 5.93. The molecule has 0 spiro atoms. The molecule has 2 unspecified atom stereocenters. The van der Waals surface area contributed by atoms with Crippen molar-refractivity contribution in [1.82, 2.24) is 4.90 Å². The smallest absolute Gasteiger partial charge is 0.223 e. The predicted octanol–water partition coefficient (Wildman–Crippen LogP) is 2.01. The molecule has 0 aromatic rings. The summed E-state index contributed by atoms with van der Waals surface area (Å²) in [5.74, 6) is 0.805. The average Bonchev–Trinajstić information content (AvgIpc) is 2.59. The molecule has 1 rings (SSSR count). The van der Waals surface area contributed by atoms with Gasteiger partial charge in [0, 0.05) is 19.0 Å². The van der Waals surface area contributed by atoms with Gasteiger partial charge in [-0.25, -0.2) is 0 Å². The lowest BCUT2D eigenvalue weighted by Crippen LogP contribution is -2.36. The van der Waals surface area contributed by atoms with E-state index in [9.17, 15) is 4.79 Å². The molecule has 1 heterocycles. The van der Waals surface area contributed by atoms with Crippen LogP contribution >= 0.6 is 0 Å². The molecule has 0 aromatic carbocycles. The lowest BCUT2D eigenvalue weighted by molar-refractivity contribution is -0.134. The maximum atomic E-state index is 12.2. The minimum atomic E-state index is 0.123. The van der Waals surface area contributed by atoms with E-state index >= 15 is 0 Å². The van der Waals surface area contributed by atoms with Gasteiger partial charge in [0.05, 0.1) is 0 Å². The Morgan fingerprint density at radius 3 is 2.56 bits per heavy atom. The zero-order chi connectivity index (χ0) is 12.3. The molecule has 1 fully saturated rings. The molecule has 2 atom stereocenters. The SMILES string of the molecule is CCC(C)(C)CC(=O)N1CC(CN)CC1C. The fourth-order valence-corrected chi connectivity index (χ4v) is 2.30. The summed E-state index contributed by atoms with van der Waals surface area (Å²) in [5.41, 5.74) is 5.80. The highest BCUT2D eigenvalue weighted by molar-refractivity contribution is 5.77. The van der Waals surface area contributed by atoms with Crippen molar-refractivity contribution in [2.24, 2.45) is 17.1 Å². The number of hydrogen-bond donors (Lipinski definition) is 1. The Morgan fingerprint density at radius 2 is 2.12 bits per heavy atom. The number of nitrogens with zero attached hydrogens (tertiary/aromatic N) is 1. The van der Waals surface area contributed by atoms with E-state index in [1.807, 2.05) is 4.90 Å². The van der Waals surface area contributed by atoms with Crippen LogP contribution in [0.25, 0.3) is 0 Å². The number of amides is 1. The van der Waals surface area contributed by atoms with E-state index in [-0.39, 0.29) is 5.41 Å². The summed E-state index contributed by atoms with van der Waals surface area (Å²) >= 11 is 0. The molecule has 0 radical (unpaired) electrons. The van der Waals surface area contributed by atoms with Crippen molar-refractivity contribution in [3.63, 3.8) is 0 Å². The van der Waals surface area contributed by atoms with Crippen LogP contribution in [0.2, 0.25) is 0 Å². The van der Waals surface area contributed by atoms with Crippen molar-refractivity contribution in [3.8, 4) is 0 Å². The molecule has 3 nitrogen and oxygen atoms in total. The van der Waals surface area contributed by atoms with E-state index in [1.165, 1.54) is 0 Å². The topological polar surface area (TPSA) is 46.3 Å². The predicted molar refractivity (Wildman–Crippen MR) is 67.0 cm³/mol. The molecule has 1 saturated heterocycles. The Hall–Kier alpha value is -0.570. The fraction of sp³-hybridized carbons (Fsp3) is 0.923. The Balaban J connectivity index is 2.55. The summed E-state index contributed by atoms with van der Waals surface area (Å²) in [6.07, 6.45) is 2.77. The molecule has 2 N–H and O–H groups in total. The van der Waals surface area contributed by atoms with Gasteiger partial charge in [-0.05, 0) is 31.2 Å². The van der Waals surface area contributed by atoms with Crippen molar-refractivity contribution < 1.29 is 4.79 Å². The molecular weight excluding hydrogens is 200 g/mol. The third kappa shape index (κ3) is 3.21. The van der Waals surface area contributed by atoms with Crippen LogP contribution < -0.4 is 5.73 Å². The highest BCUT2D eigenvalue weighted by Gasteiger charge is 2.33. The van der Waals surface area contributed by atoms with Crippen LogP contribution in [-0.4, -0.2) is 29.9 Å². The van der Waals surface area contributed by atoms with Crippen LogP contribution in [0, 0.1) is 11.3 Å². The third-order valence-corrected chi connectivity index (χ3v) is 3.90. The van der Waals surface area contributed by atoms with E-state index in [1.54, 1.807) is 0 Å². The minimum absolute atomic E-state index is 0.123. The van der Waals surface area contributed by atoms with Crippen LogP contribution in [0.5, 0.6) is 0 Å². The second-order valence-electron chi connectivity index (χ2n) is 5.93. The number of carbonyl (C=O) groups excluding carboxylic acids is 1. The molecular formula is C13H26N2O. The van der Waals surface area contributed by atoms with Gasteiger partial charge in [-0.3, -0.25) is 4.79 Å². The molecule has 3 heteroatoms. The van der Waals surface area contributed by atoms with Crippen LogP contribution in [0.15, 0.2) is 0 Å². The Morgan fingerprint density at radius 1 is 1.50 bits per heavy atom. The summed E-state index contributed by atoms with van der Waals surface area (Å²) < 4.78 is 0. The normalized spacial score (nSPS) is 26.2. The fourth-order valence-electron chi connectivity index (χ4n) is 2.30. The first-order valence-corrected chi connectivity index (χ1v) is 6.39. The van der Waals surface area contributed by atoms with Gasteiger partial charge in [0.15, 0.2) is 0 Å². The third-order valence-electron chi connectivity index (χ3n) is 3.90. The van der Waals surface area contributed by atoms with Gasteiger partial charge in [0.1, 0.15) is 0 Å². The van der Waals surface area contributed by atoms with Crippen LogP contribution in [-0.2, 0) is 4.79 Å². The first kappa shape index (κ1) is 13.5. The molecule has 0 aromatic heterocycles. The van der Waals surface area contributed by atoms with Gasteiger partial charge in [-0.2, -0.15) is 0 Å². The van der Waals surface area contributed by atoms with Crippen molar-refractivity contribution in [2.75, 3.05) is 13.1 Å². The van der Waals surface area contributed by atoms with E-state index in [0.29, 0.717) is 30.8 Å². The van der Waals surface area contributed by atoms with Crippen molar-refractivity contribution in [3.05, 3.63) is 0 Å². The van der Waals surface area contributed by atoms with Crippen molar-refractivity contribution >= 4 is 5.91 Å². The largest absolute Gasteiger partial charge is 0.340 e. The van der Waals surface area contributed by atoms with Gasteiger partial charge in [0.2, 0.25) is 5.91 Å². The quantitative estimate of drug-likeness (QED) is 0.797. The zero-order valence-electron chi connectivity index (χ0n) is 11.1. The van der Waals surface area contributed by atoms with E-state index in [0.717, 1.165) is 19.4 Å². The number of nitrogens with two attached hydrogens (primary N) is 1. The summed E-state index contributed by atoms with van der Waals surface area (Å²) in [5, 5.41) is 0. The van der Waals surface area contributed by atoms with E-state index in [2.05, 4.69) is 27.7 Å². The van der Waals surface area contributed by atoms with Crippen LogP contribution in [0.1, 0.15) is 47.0 Å². The number of rotatable bonds is 4. The molecule has 1 amide bonds. The highest BCUT2D eigenvalue weighted by Crippen LogP contribution is 2.29. The second kappa shape index (κ2) is 5.17. The molecule has 94 valence electrons. The van der Waals surface area contributed by atoms with Crippen molar-refractivity contribution in [2.45, 2.75) is 53.0 Å². The molecule has 16 heavy (non-hydrogen) atoms. The Bertz CT molecular complexity index is 250. The van der Waals surface area contributed by atoms with Gasteiger partial charge in [-0.15, -0.1) is 0 Å². The van der Waals surface area contributed by atoms with E-state index in [4.69, 9.17) is 5.73 Å². The molecule has 0 aliphatic carbocycles. The van der Waals surface area contributed by atoms with Crippen LogP contribution in [0.4, 0.5) is 0 Å². The standard InChI is InChI=1S/C13H26N2O/c1-5-13(3,4)7-12(16)15-9-11(8-14)6-10(15)2/h10-11H,5-9,14H2,1-4H3. The molecule has 1 aliphatic rings. The maximum Gasteiger partial charge on any atom is 0.223 e. The maximum absolute atomic E-state index is 12.2. The van der Waals surface area contributed by atoms with E-state index < -0.39 is 0 Å². The summed E-state index contributed by atoms with van der Waals surface area (Å²) in [6.45, 7) is 10.1. The molecule has 0 bridgehead atoms. The highest BCUT2D eigenvalue weighted by atomic mass is 16.2. The lowest BCUT2D eigenvalue weighted by atomic mass is 9.86. The van der Waals surface area contributed by atoms with Crippen LogP contribution in [0.3, 0.4) is 0 Å². The number of likely N-dealkylation sites (tertiary alicyclic amines) is 1. The van der Waals surface area contributed by atoms with Gasteiger partial charge in [0.25, 0.3) is 0 Å². The number of carbonyl (C=O) groups is 1. The first-order valence-electron chi connectivity index (χ1n) is 6.39. The Labute approximate surface area is 99.4 Å². The lowest BCUT2D eigenvalue weighted by Gasteiger charge is -2.28. The summed E-state index contributed by atoms with van der Waals surface area (Å²) in [4.78, 5) is 14.2. The zero-order valence-corrected chi connectivity index (χ0v) is 11.1. The minimum Gasteiger partial charge on any atom is -0.340 e. The summed E-state index contributed by atoms with van der Waals surface area (Å²) in [6, 6.07) is 0.369. The average molecular weight is 226 g/mol. The van der Waals surface area contributed by atoms with Gasteiger partial charge >= 0.3 is 0 Å². The molecule has 1 aliphatic heterocycles. The Kier molecular flexibility index (Phi) is 4.36. The first-order chi connectivity index (χ1) is 7.39. The van der Waals surface area contributed by atoms with Gasteiger partial charge < -0.3 is 10.6 Å². The monoisotopic (exact) mass is 226 g/mol. The van der Waals surface area contributed by atoms with Crippen molar-refractivity contribution in [1.29, 1.82) is 0 Å². The molecule has 0 saturated carbocycles.